The van der Waals surface area contributed by atoms with E-state index < -0.39 is 0 Å². The topological polar surface area (TPSA) is 53.1 Å². The van der Waals surface area contributed by atoms with Gasteiger partial charge in [-0.15, -0.1) is 13.2 Å². The molecule has 0 spiro atoms. The van der Waals surface area contributed by atoms with Gasteiger partial charge in [-0.05, 0) is 35.6 Å². The van der Waals surface area contributed by atoms with Crippen molar-refractivity contribution in [3.63, 3.8) is 0 Å². The molecule has 2 N–H and O–H groups in total. The summed E-state index contributed by atoms with van der Waals surface area (Å²) in [5.74, 6) is 0.0266. The van der Waals surface area contributed by atoms with Crippen LogP contribution in [-0.4, -0.2) is 38.1 Å². The summed E-state index contributed by atoms with van der Waals surface area (Å²) in [6.45, 7) is 8.55. The first-order valence-electron chi connectivity index (χ1n) is 10.7. The molecule has 1 aromatic heterocycles. The Morgan fingerprint density at radius 1 is 0.909 bits per heavy atom. The van der Waals surface area contributed by atoms with Gasteiger partial charge in [-0.1, -0.05) is 72.8 Å². The van der Waals surface area contributed by atoms with Gasteiger partial charge in [0, 0.05) is 37.8 Å². The third-order valence-electron chi connectivity index (χ3n) is 5.10. The molecule has 1 atom stereocenters. The monoisotopic (exact) mass is 476 g/mol. The molecule has 3 aromatic rings. The third kappa shape index (κ3) is 6.84. The van der Waals surface area contributed by atoms with Crippen molar-refractivity contribution >= 4 is 35.5 Å². The zero-order valence-electron chi connectivity index (χ0n) is 18.4. The smallest absolute Gasteiger partial charge is 0.251 e. The second-order valence-electron chi connectivity index (χ2n) is 7.62. The summed E-state index contributed by atoms with van der Waals surface area (Å²) < 4.78 is 2.74. The van der Waals surface area contributed by atoms with Crippen LogP contribution in [0.15, 0.2) is 92.2 Å². The van der Waals surface area contributed by atoms with Gasteiger partial charge >= 0.3 is 0 Å². The lowest BCUT2D eigenvalue weighted by Gasteiger charge is -2.11. The van der Waals surface area contributed by atoms with Gasteiger partial charge in [0.25, 0.3) is 5.91 Å². The molecular formula is C26H28N4OS2. The van der Waals surface area contributed by atoms with Gasteiger partial charge in [-0.2, -0.15) is 0 Å². The van der Waals surface area contributed by atoms with Crippen LogP contribution in [0.2, 0.25) is 0 Å². The molecule has 1 unspecified atom stereocenters. The number of carbonyl (C=O) groups is 1. The number of nitrogens with zero attached hydrogens (tertiary/aromatic N) is 2. The molecule has 4 rings (SSSR count). The number of hydrogen-bond acceptors (Lipinski definition) is 3. The molecule has 170 valence electrons. The number of H-pyrrole nitrogens is 1. The van der Waals surface area contributed by atoms with E-state index >= 15 is 0 Å². The predicted molar refractivity (Wildman–Crippen MR) is 141 cm³/mol. The van der Waals surface area contributed by atoms with Crippen LogP contribution < -0.4 is 5.32 Å². The molecule has 5 nitrogen and oxygen atoms in total. The molecule has 1 amide bonds. The summed E-state index contributed by atoms with van der Waals surface area (Å²) in [7, 11) is 0. The Labute approximate surface area is 205 Å². The minimum Gasteiger partial charge on any atom is -0.350 e. The number of aromatic amines is 1. The molecule has 0 aliphatic carbocycles. The Hall–Kier alpha value is -3.29. The molecular weight excluding hydrogens is 448 g/mol. The Morgan fingerprint density at radius 2 is 1.52 bits per heavy atom. The number of carbonyl (C=O) groups excluding carboxylic acids is 1. The Balaban J connectivity index is 0.000000186. The maximum absolute atomic E-state index is 12.0. The number of nitrogens with one attached hydrogen (secondary N) is 2. The summed E-state index contributed by atoms with van der Waals surface area (Å²) >= 11 is 10.3. The van der Waals surface area contributed by atoms with E-state index in [0.717, 1.165) is 29.0 Å². The zero-order valence-corrected chi connectivity index (χ0v) is 20.1. The lowest BCUT2D eigenvalue weighted by Crippen LogP contribution is -2.32. The number of amides is 1. The van der Waals surface area contributed by atoms with Crippen molar-refractivity contribution in [2.24, 2.45) is 0 Å². The first kappa shape index (κ1) is 24.4. The molecule has 0 saturated carbocycles. The van der Waals surface area contributed by atoms with Crippen molar-refractivity contribution in [3.05, 3.63) is 114 Å². The molecule has 0 bridgehead atoms. The van der Waals surface area contributed by atoms with Crippen LogP contribution >= 0.6 is 24.4 Å². The lowest BCUT2D eigenvalue weighted by atomic mass is 10.1. The quantitative estimate of drug-likeness (QED) is 0.361. The van der Waals surface area contributed by atoms with Crippen LogP contribution in [0.25, 0.3) is 0 Å². The van der Waals surface area contributed by atoms with E-state index in [-0.39, 0.29) is 11.9 Å². The van der Waals surface area contributed by atoms with Crippen LogP contribution in [0.5, 0.6) is 0 Å². The van der Waals surface area contributed by atoms with E-state index in [1.54, 1.807) is 11.0 Å². The number of allylic oxidation sites excluding steroid dienone is 1. The number of benzene rings is 2. The normalized spacial score (nSPS) is 14.9. The number of rotatable bonds is 8. The summed E-state index contributed by atoms with van der Waals surface area (Å²) in [6.07, 6.45) is 7.12. The highest BCUT2D eigenvalue weighted by Crippen LogP contribution is 2.12. The minimum absolute atomic E-state index is 0.0266. The number of imidazole rings is 1. The van der Waals surface area contributed by atoms with Crippen molar-refractivity contribution < 1.29 is 4.79 Å². The van der Waals surface area contributed by atoms with Crippen molar-refractivity contribution in [1.82, 2.24) is 19.8 Å². The van der Waals surface area contributed by atoms with Gasteiger partial charge < -0.3 is 14.9 Å². The third-order valence-corrected chi connectivity index (χ3v) is 5.78. The SMILES string of the molecule is C=CCN1C(=O)C(Cc2ccccc2)NC1=S.C=CCn1cc(Cc2ccccc2)[nH]c1=S. The van der Waals surface area contributed by atoms with Crippen LogP contribution in [0.4, 0.5) is 0 Å². The van der Waals surface area contributed by atoms with E-state index in [4.69, 9.17) is 24.4 Å². The van der Waals surface area contributed by atoms with Crippen LogP contribution in [-0.2, 0) is 24.2 Å². The van der Waals surface area contributed by atoms with E-state index in [1.807, 2.05) is 59.2 Å². The second kappa shape index (κ2) is 12.1. The van der Waals surface area contributed by atoms with E-state index in [2.05, 4.69) is 41.8 Å². The first-order chi connectivity index (χ1) is 16.0. The summed E-state index contributed by atoms with van der Waals surface area (Å²) in [4.78, 5) is 16.8. The van der Waals surface area contributed by atoms with Gasteiger partial charge in [0.1, 0.15) is 6.04 Å². The summed E-state index contributed by atoms with van der Waals surface area (Å²) in [5, 5.41) is 3.54. The molecule has 2 heterocycles. The van der Waals surface area contributed by atoms with E-state index in [1.165, 1.54) is 5.56 Å². The summed E-state index contributed by atoms with van der Waals surface area (Å²) in [5.41, 5.74) is 3.55. The molecule has 2 aromatic carbocycles. The molecule has 1 fully saturated rings. The molecule has 33 heavy (non-hydrogen) atoms. The molecule has 1 aliphatic heterocycles. The van der Waals surface area contributed by atoms with Crippen molar-refractivity contribution in [3.8, 4) is 0 Å². The lowest BCUT2D eigenvalue weighted by molar-refractivity contribution is -0.126. The van der Waals surface area contributed by atoms with Gasteiger partial charge in [0.2, 0.25) is 0 Å². The maximum Gasteiger partial charge on any atom is 0.251 e. The highest BCUT2D eigenvalue weighted by Gasteiger charge is 2.34. The van der Waals surface area contributed by atoms with Crippen molar-refractivity contribution in [2.45, 2.75) is 25.4 Å². The van der Waals surface area contributed by atoms with Gasteiger partial charge in [0.15, 0.2) is 9.88 Å². The van der Waals surface area contributed by atoms with Gasteiger partial charge in [-0.3, -0.25) is 9.69 Å². The van der Waals surface area contributed by atoms with Crippen LogP contribution in [0, 0.1) is 4.77 Å². The average Bonchev–Trinajstić information content (AvgIpc) is 3.29. The van der Waals surface area contributed by atoms with E-state index in [9.17, 15) is 4.79 Å². The second-order valence-corrected chi connectivity index (χ2v) is 8.39. The van der Waals surface area contributed by atoms with Crippen molar-refractivity contribution in [1.29, 1.82) is 0 Å². The highest BCUT2D eigenvalue weighted by atomic mass is 32.1. The standard InChI is InChI=1S/C13H14N2OS.C13H14N2S/c1-2-8-15-12(16)11(14-13(15)17)9-10-6-4-3-5-7-10;1-2-8-15-10-12(14-13(15)16)9-11-6-4-3-5-7-11/h2-7,11H,1,8-9H2,(H,14,17);2-7,10H,1,8-9H2,(H,14,16). The molecule has 0 radical (unpaired) electrons. The van der Waals surface area contributed by atoms with Crippen LogP contribution in [0.3, 0.4) is 0 Å². The number of thiocarbonyl (C=S) groups is 1. The Bertz CT molecular complexity index is 1150. The largest absolute Gasteiger partial charge is 0.350 e. The van der Waals surface area contributed by atoms with E-state index in [0.29, 0.717) is 18.1 Å². The highest BCUT2D eigenvalue weighted by molar-refractivity contribution is 7.80. The van der Waals surface area contributed by atoms with Crippen LogP contribution in [0.1, 0.15) is 16.8 Å². The Morgan fingerprint density at radius 3 is 2.12 bits per heavy atom. The van der Waals surface area contributed by atoms with Gasteiger partial charge in [0.05, 0.1) is 0 Å². The maximum atomic E-state index is 12.0. The number of hydrogen-bond donors (Lipinski definition) is 2. The number of aromatic nitrogens is 2. The molecule has 1 aliphatic rings. The minimum atomic E-state index is -0.246. The fraction of sp³-hybridized carbons (Fsp3) is 0.192. The van der Waals surface area contributed by atoms with Gasteiger partial charge in [-0.25, -0.2) is 0 Å². The zero-order chi connectivity index (χ0) is 23.6. The summed E-state index contributed by atoms with van der Waals surface area (Å²) in [6, 6.07) is 20.0. The first-order valence-corrected chi connectivity index (χ1v) is 11.5. The fourth-order valence-corrected chi connectivity index (χ4v) is 4.10. The predicted octanol–water partition coefficient (Wildman–Crippen LogP) is 4.82. The average molecular weight is 477 g/mol. The molecule has 1 saturated heterocycles. The molecule has 7 heteroatoms. The van der Waals surface area contributed by atoms with Crippen molar-refractivity contribution in [2.75, 3.05) is 6.54 Å². The fourth-order valence-electron chi connectivity index (χ4n) is 3.54. The Kier molecular flexibility index (Phi) is 8.92.